The van der Waals surface area contributed by atoms with E-state index >= 15 is 0 Å². The number of ether oxygens (including phenoxy) is 1. The molecule has 3 heterocycles. The fourth-order valence-electron chi connectivity index (χ4n) is 4.43. The van der Waals surface area contributed by atoms with E-state index in [1.807, 2.05) is 25.1 Å². The third kappa shape index (κ3) is 4.34. The molecule has 8 heteroatoms. The van der Waals surface area contributed by atoms with Gasteiger partial charge in [-0.2, -0.15) is 0 Å². The van der Waals surface area contributed by atoms with E-state index in [1.165, 1.54) is 6.26 Å². The number of Topliss-reactive ketones (excluding diaryl/α,β-unsaturated/α-hetero) is 1. The molecule has 2 fully saturated rings. The van der Waals surface area contributed by atoms with Gasteiger partial charge in [0, 0.05) is 43.3 Å². The highest BCUT2D eigenvalue weighted by Crippen LogP contribution is 2.39. The van der Waals surface area contributed by atoms with Crippen molar-refractivity contribution in [1.82, 2.24) is 4.98 Å². The van der Waals surface area contributed by atoms with Crippen molar-refractivity contribution >= 4 is 38.4 Å². The van der Waals surface area contributed by atoms with Crippen LogP contribution in [0.2, 0.25) is 0 Å². The molecule has 1 saturated carbocycles. The zero-order valence-corrected chi connectivity index (χ0v) is 19.2. The van der Waals surface area contributed by atoms with Gasteiger partial charge in [0.15, 0.2) is 9.84 Å². The highest BCUT2D eigenvalue weighted by molar-refractivity contribution is 7.90. The summed E-state index contributed by atoms with van der Waals surface area (Å²) < 4.78 is 30.7. The third-order valence-electron chi connectivity index (χ3n) is 6.31. The van der Waals surface area contributed by atoms with E-state index in [4.69, 9.17) is 4.74 Å². The molecule has 0 bridgehead atoms. The van der Waals surface area contributed by atoms with Crippen LogP contribution in [0.4, 0.5) is 17.1 Å². The molecule has 32 heavy (non-hydrogen) atoms. The first-order valence-electron chi connectivity index (χ1n) is 11.1. The number of hydrogen-bond donors (Lipinski definition) is 1. The van der Waals surface area contributed by atoms with Crippen molar-refractivity contribution in [2.24, 2.45) is 10.9 Å². The minimum absolute atomic E-state index is 0.170. The topological polar surface area (TPSA) is 97.7 Å². The number of sulfone groups is 1. The molecule has 1 aromatic carbocycles. The maximum absolute atomic E-state index is 12.6. The lowest BCUT2D eigenvalue weighted by Crippen LogP contribution is -2.09. The Morgan fingerprint density at radius 1 is 1.19 bits per heavy atom. The van der Waals surface area contributed by atoms with E-state index in [9.17, 15) is 13.2 Å². The molecule has 2 aliphatic heterocycles. The molecule has 168 valence electrons. The van der Waals surface area contributed by atoms with Crippen molar-refractivity contribution in [2.75, 3.05) is 24.8 Å². The number of pyridine rings is 1. The fraction of sp³-hybridized carbons (Fsp3) is 0.458. The average Bonchev–Trinajstić information content (AvgIpc) is 3.30. The summed E-state index contributed by atoms with van der Waals surface area (Å²) in [5, 5.41) is 3.31. The molecule has 1 aromatic heterocycles. The standard InChI is InChI=1S/C24H27N3O4S/c1-14-9-20-24(25-14)21(11-18(26-20)12-22(28)15-3-4-15)27-19-6-5-16(17-7-8-31-13-17)10-23(19)32(2,29)30/h5-6,10-11,15,17H,3-4,7-9,12-13H2,1-2H3,(H,26,27)/t17-/m1/s1. The van der Waals surface area contributed by atoms with Crippen LogP contribution in [0.1, 0.15) is 49.1 Å². The predicted octanol–water partition coefficient (Wildman–Crippen LogP) is 3.90. The molecule has 1 N–H and O–H groups in total. The lowest BCUT2D eigenvalue weighted by molar-refractivity contribution is -0.119. The Morgan fingerprint density at radius 3 is 2.69 bits per heavy atom. The molecule has 0 radical (unpaired) electrons. The van der Waals surface area contributed by atoms with Gasteiger partial charge < -0.3 is 10.1 Å². The van der Waals surface area contributed by atoms with Crippen molar-refractivity contribution in [2.45, 2.75) is 49.8 Å². The Balaban J connectivity index is 1.52. The number of carbonyl (C=O) groups excluding carboxylic acids is 1. The number of benzene rings is 1. The normalized spacial score (nSPS) is 20.2. The summed E-state index contributed by atoms with van der Waals surface area (Å²) in [6, 6.07) is 7.37. The zero-order chi connectivity index (χ0) is 22.5. The molecule has 0 amide bonds. The van der Waals surface area contributed by atoms with Gasteiger partial charge in [-0.3, -0.25) is 14.8 Å². The number of rotatable bonds is 7. The zero-order valence-electron chi connectivity index (χ0n) is 18.3. The molecule has 1 aliphatic carbocycles. The van der Waals surface area contributed by atoms with Crippen molar-refractivity contribution in [1.29, 1.82) is 0 Å². The van der Waals surface area contributed by atoms with E-state index in [0.717, 1.165) is 41.9 Å². The SMILES string of the molecule is CC1=Nc2c(Nc3ccc([C@@H]4CCOC4)cc3S(C)(=O)=O)cc(CC(=O)C3CC3)nc2C1. The van der Waals surface area contributed by atoms with E-state index in [1.54, 1.807) is 6.07 Å². The minimum Gasteiger partial charge on any atom is -0.381 e. The Morgan fingerprint density at radius 2 is 2.00 bits per heavy atom. The molecular formula is C24H27N3O4S. The Kier molecular flexibility index (Phi) is 5.37. The molecule has 1 saturated heterocycles. The van der Waals surface area contributed by atoms with Crippen LogP contribution in [0.3, 0.4) is 0 Å². The molecule has 2 aromatic rings. The number of nitrogens with one attached hydrogen (secondary N) is 1. The van der Waals surface area contributed by atoms with Gasteiger partial charge in [-0.25, -0.2) is 8.42 Å². The Labute approximate surface area is 188 Å². The van der Waals surface area contributed by atoms with Crippen molar-refractivity contribution < 1.29 is 17.9 Å². The van der Waals surface area contributed by atoms with Gasteiger partial charge in [0.25, 0.3) is 0 Å². The largest absolute Gasteiger partial charge is 0.381 e. The maximum atomic E-state index is 12.6. The van der Waals surface area contributed by atoms with Crippen molar-refractivity contribution in [3.8, 4) is 0 Å². The van der Waals surface area contributed by atoms with Crippen LogP contribution in [0.5, 0.6) is 0 Å². The number of fused-ring (bicyclic) bond motifs is 1. The third-order valence-corrected chi connectivity index (χ3v) is 7.44. The summed E-state index contributed by atoms with van der Waals surface area (Å²) in [5.41, 5.74) is 5.35. The van der Waals surface area contributed by atoms with Crippen LogP contribution in [0.25, 0.3) is 0 Å². The Hall–Kier alpha value is -2.58. The van der Waals surface area contributed by atoms with E-state index in [2.05, 4.69) is 15.3 Å². The van der Waals surface area contributed by atoms with Crippen LogP contribution in [-0.4, -0.2) is 44.4 Å². The van der Waals surface area contributed by atoms with Crippen LogP contribution in [0.15, 0.2) is 34.2 Å². The van der Waals surface area contributed by atoms with Crippen LogP contribution in [0, 0.1) is 5.92 Å². The number of anilines is 2. The fourth-order valence-corrected chi connectivity index (χ4v) is 5.30. The molecule has 0 spiro atoms. The summed E-state index contributed by atoms with van der Waals surface area (Å²) >= 11 is 0. The summed E-state index contributed by atoms with van der Waals surface area (Å²) in [6.45, 7) is 3.25. The van der Waals surface area contributed by atoms with Crippen LogP contribution >= 0.6 is 0 Å². The minimum atomic E-state index is -3.47. The van der Waals surface area contributed by atoms with Gasteiger partial charge in [-0.15, -0.1) is 0 Å². The van der Waals surface area contributed by atoms with Crippen LogP contribution < -0.4 is 5.32 Å². The first kappa shape index (κ1) is 21.3. The lowest BCUT2D eigenvalue weighted by Gasteiger charge is -2.17. The first-order chi connectivity index (χ1) is 15.3. The molecule has 1 atom stereocenters. The van der Waals surface area contributed by atoms with Gasteiger partial charge in [-0.05, 0) is 49.9 Å². The lowest BCUT2D eigenvalue weighted by atomic mass is 9.98. The van der Waals surface area contributed by atoms with E-state index < -0.39 is 9.84 Å². The summed E-state index contributed by atoms with van der Waals surface area (Å²) in [5.74, 6) is 0.601. The second kappa shape index (κ2) is 8.08. The molecule has 3 aliphatic rings. The highest BCUT2D eigenvalue weighted by atomic mass is 32.2. The molecule has 0 unspecified atom stereocenters. The smallest absolute Gasteiger partial charge is 0.177 e. The summed E-state index contributed by atoms with van der Waals surface area (Å²) in [4.78, 5) is 21.9. The number of carbonyl (C=O) groups is 1. The van der Waals surface area contributed by atoms with Gasteiger partial charge in [-0.1, -0.05) is 6.07 Å². The molecule has 5 rings (SSSR count). The maximum Gasteiger partial charge on any atom is 0.177 e. The molecule has 7 nitrogen and oxygen atoms in total. The van der Waals surface area contributed by atoms with Gasteiger partial charge >= 0.3 is 0 Å². The van der Waals surface area contributed by atoms with Gasteiger partial charge in [0.1, 0.15) is 11.5 Å². The van der Waals surface area contributed by atoms with Gasteiger partial charge in [0.2, 0.25) is 0 Å². The highest BCUT2D eigenvalue weighted by Gasteiger charge is 2.30. The average molecular weight is 454 g/mol. The quantitative estimate of drug-likeness (QED) is 0.683. The van der Waals surface area contributed by atoms with E-state index in [0.29, 0.717) is 43.1 Å². The van der Waals surface area contributed by atoms with Crippen molar-refractivity contribution in [3.05, 3.63) is 41.2 Å². The van der Waals surface area contributed by atoms with Gasteiger partial charge in [0.05, 0.1) is 34.3 Å². The monoisotopic (exact) mass is 453 g/mol. The predicted molar refractivity (Wildman–Crippen MR) is 123 cm³/mol. The summed E-state index contributed by atoms with van der Waals surface area (Å²) in [7, 11) is -3.47. The molecular weight excluding hydrogens is 426 g/mol. The number of hydrogen-bond acceptors (Lipinski definition) is 7. The Bertz CT molecular complexity index is 1230. The summed E-state index contributed by atoms with van der Waals surface area (Å²) in [6.07, 6.45) is 4.97. The van der Waals surface area contributed by atoms with E-state index in [-0.39, 0.29) is 22.5 Å². The van der Waals surface area contributed by atoms with Crippen molar-refractivity contribution in [3.63, 3.8) is 0 Å². The second-order valence-electron chi connectivity index (χ2n) is 9.11. The number of nitrogens with zero attached hydrogens (tertiary/aromatic N) is 2. The first-order valence-corrected chi connectivity index (χ1v) is 13.0. The van der Waals surface area contributed by atoms with Crippen LogP contribution in [-0.2, 0) is 32.2 Å². The second-order valence-corrected chi connectivity index (χ2v) is 11.1. The number of aliphatic imine (C=N–C) groups is 1. The number of aromatic nitrogens is 1. The number of ketones is 1.